The lowest BCUT2D eigenvalue weighted by Crippen LogP contribution is -1.96. The highest BCUT2D eigenvalue weighted by Gasteiger charge is 2.10. The summed E-state index contributed by atoms with van der Waals surface area (Å²) in [6.07, 6.45) is 4.15. The standard InChI is InChI=1S/C23H20ClNO4/c1-15-3-5-17(6-4-15)14-28-19-9-11-21(25-13-19)29-20-10-7-18(8-12-22(26)27)16(2)23(20)24/h3-13H,14H2,1-2H3,(H,26,27)/b12-8+. The quantitative estimate of drug-likeness (QED) is 0.498. The summed E-state index contributed by atoms with van der Waals surface area (Å²) in [6, 6.07) is 15.1. The number of hydrogen-bond donors (Lipinski definition) is 1. The highest BCUT2D eigenvalue weighted by molar-refractivity contribution is 6.33. The molecule has 0 radical (unpaired) electrons. The maximum Gasteiger partial charge on any atom is 0.328 e. The molecule has 0 fully saturated rings. The van der Waals surface area contributed by atoms with Crippen molar-refractivity contribution in [3.8, 4) is 17.4 Å². The lowest BCUT2D eigenvalue weighted by molar-refractivity contribution is -0.131. The first-order valence-corrected chi connectivity index (χ1v) is 9.32. The summed E-state index contributed by atoms with van der Waals surface area (Å²) >= 11 is 6.36. The van der Waals surface area contributed by atoms with Crippen LogP contribution in [0.3, 0.4) is 0 Å². The van der Waals surface area contributed by atoms with Crippen molar-refractivity contribution in [2.45, 2.75) is 20.5 Å². The molecule has 0 saturated carbocycles. The van der Waals surface area contributed by atoms with Crippen LogP contribution in [0.4, 0.5) is 0 Å². The van der Waals surface area contributed by atoms with Crippen molar-refractivity contribution in [1.82, 2.24) is 4.98 Å². The van der Waals surface area contributed by atoms with Crippen LogP contribution in [0, 0.1) is 13.8 Å². The highest BCUT2D eigenvalue weighted by atomic mass is 35.5. The third-order valence-corrected chi connectivity index (χ3v) is 4.72. The molecule has 0 unspecified atom stereocenters. The molecule has 0 atom stereocenters. The van der Waals surface area contributed by atoms with Gasteiger partial charge in [0.1, 0.15) is 18.1 Å². The Morgan fingerprint density at radius 2 is 1.86 bits per heavy atom. The van der Waals surface area contributed by atoms with Gasteiger partial charge in [0, 0.05) is 12.1 Å². The molecule has 0 aliphatic heterocycles. The zero-order valence-electron chi connectivity index (χ0n) is 16.1. The van der Waals surface area contributed by atoms with E-state index in [0.29, 0.717) is 34.6 Å². The van der Waals surface area contributed by atoms with Gasteiger partial charge in [0.25, 0.3) is 0 Å². The molecule has 1 N–H and O–H groups in total. The van der Waals surface area contributed by atoms with Crippen LogP contribution in [-0.2, 0) is 11.4 Å². The van der Waals surface area contributed by atoms with Crippen molar-refractivity contribution in [3.63, 3.8) is 0 Å². The van der Waals surface area contributed by atoms with Crippen LogP contribution in [0.5, 0.6) is 17.4 Å². The molecule has 29 heavy (non-hydrogen) atoms. The van der Waals surface area contributed by atoms with Gasteiger partial charge in [-0.05, 0) is 48.7 Å². The molecule has 1 aromatic heterocycles. The minimum atomic E-state index is -1.02. The van der Waals surface area contributed by atoms with Gasteiger partial charge in [-0.1, -0.05) is 47.5 Å². The van der Waals surface area contributed by atoms with Crippen molar-refractivity contribution >= 4 is 23.6 Å². The number of carbonyl (C=O) groups is 1. The molecule has 0 saturated heterocycles. The second kappa shape index (κ2) is 9.26. The van der Waals surface area contributed by atoms with Crippen molar-refractivity contribution in [2.75, 3.05) is 0 Å². The number of halogens is 1. The second-order valence-corrected chi connectivity index (χ2v) is 6.85. The Bertz CT molecular complexity index is 1030. The maximum atomic E-state index is 10.7. The van der Waals surface area contributed by atoms with Crippen LogP contribution in [0.25, 0.3) is 6.08 Å². The van der Waals surface area contributed by atoms with Gasteiger partial charge in [-0.3, -0.25) is 0 Å². The molecule has 148 valence electrons. The molecule has 0 aliphatic rings. The number of ether oxygens (including phenoxy) is 2. The summed E-state index contributed by atoms with van der Waals surface area (Å²) in [7, 11) is 0. The number of carboxylic acid groups (broad SMARTS) is 1. The van der Waals surface area contributed by atoms with E-state index in [0.717, 1.165) is 17.2 Å². The van der Waals surface area contributed by atoms with Gasteiger partial charge in [0.2, 0.25) is 5.88 Å². The Hall–Kier alpha value is -3.31. The van der Waals surface area contributed by atoms with Crippen molar-refractivity contribution in [2.24, 2.45) is 0 Å². The fourth-order valence-electron chi connectivity index (χ4n) is 2.57. The number of carboxylic acids is 1. The predicted molar refractivity (Wildman–Crippen MR) is 113 cm³/mol. The Morgan fingerprint density at radius 1 is 1.10 bits per heavy atom. The lowest BCUT2D eigenvalue weighted by atomic mass is 10.1. The van der Waals surface area contributed by atoms with E-state index < -0.39 is 5.97 Å². The van der Waals surface area contributed by atoms with Gasteiger partial charge in [0.05, 0.1) is 11.2 Å². The van der Waals surface area contributed by atoms with Gasteiger partial charge >= 0.3 is 5.97 Å². The first-order valence-electron chi connectivity index (χ1n) is 8.95. The van der Waals surface area contributed by atoms with Crippen LogP contribution >= 0.6 is 11.6 Å². The topological polar surface area (TPSA) is 68.7 Å². The zero-order valence-corrected chi connectivity index (χ0v) is 16.8. The average molecular weight is 410 g/mol. The Morgan fingerprint density at radius 3 is 2.52 bits per heavy atom. The van der Waals surface area contributed by atoms with E-state index in [1.165, 1.54) is 11.6 Å². The molecule has 0 aliphatic carbocycles. The van der Waals surface area contributed by atoms with Gasteiger partial charge in [-0.2, -0.15) is 0 Å². The van der Waals surface area contributed by atoms with Crippen molar-refractivity contribution in [1.29, 1.82) is 0 Å². The van der Waals surface area contributed by atoms with E-state index in [2.05, 4.69) is 4.98 Å². The fraction of sp³-hybridized carbons (Fsp3) is 0.130. The molecular formula is C23H20ClNO4. The Kier molecular flexibility index (Phi) is 6.52. The number of aromatic nitrogens is 1. The molecule has 6 heteroatoms. The molecule has 0 bridgehead atoms. The summed E-state index contributed by atoms with van der Waals surface area (Å²) in [5.41, 5.74) is 3.71. The van der Waals surface area contributed by atoms with E-state index >= 15 is 0 Å². The number of aliphatic carboxylic acids is 1. The van der Waals surface area contributed by atoms with Crippen LogP contribution < -0.4 is 9.47 Å². The molecule has 3 aromatic rings. The first kappa shape index (κ1) is 20.4. The summed E-state index contributed by atoms with van der Waals surface area (Å²) < 4.78 is 11.5. The van der Waals surface area contributed by atoms with Crippen LogP contribution in [-0.4, -0.2) is 16.1 Å². The zero-order chi connectivity index (χ0) is 20.8. The minimum Gasteiger partial charge on any atom is -0.487 e. The number of aryl methyl sites for hydroxylation is 1. The maximum absolute atomic E-state index is 10.7. The van der Waals surface area contributed by atoms with Gasteiger partial charge in [-0.25, -0.2) is 9.78 Å². The number of rotatable bonds is 7. The number of nitrogens with zero attached hydrogens (tertiary/aromatic N) is 1. The molecule has 3 rings (SSSR count). The number of benzene rings is 2. The lowest BCUT2D eigenvalue weighted by Gasteiger charge is -2.11. The number of hydrogen-bond acceptors (Lipinski definition) is 4. The normalized spacial score (nSPS) is 10.9. The Labute approximate surface area is 174 Å². The van der Waals surface area contributed by atoms with Gasteiger partial charge in [0.15, 0.2) is 0 Å². The monoisotopic (exact) mass is 409 g/mol. The minimum absolute atomic E-state index is 0.378. The number of pyridine rings is 1. The summed E-state index contributed by atoms with van der Waals surface area (Å²) in [4.78, 5) is 14.9. The van der Waals surface area contributed by atoms with Crippen LogP contribution in [0.15, 0.2) is 60.8 Å². The molecule has 0 spiro atoms. The average Bonchev–Trinajstić information content (AvgIpc) is 2.71. The van der Waals surface area contributed by atoms with E-state index in [1.807, 2.05) is 31.2 Å². The van der Waals surface area contributed by atoms with Crippen molar-refractivity contribution < 1.29 is 19.4 Å². The fourth-order valence-corrected chi connectivity index (χ4v) is 2.78. The first-order chi connectivity index (χ1) is 13.9. The smallest absolute Gasteiger partial charge is 0.328 e. The summed E-state index contributed by atoms with van der Waals surface area (Å²) in [5, 5.41) is 9.16. The van der Waals surface area contributed by atoms with Gasteiger partial charge < -0.3 is 14.6 Å². The van der Waals surface area contributed by atoms with E-state index in [4.69, 9.17) is 26.2 Å². The van der Waals surface area contributed by atoms with E-state index in [1.54, 1.807) is 37.4 Å². The third kappa shape index (κ3) is 5.59. The van der Waals surface area contributed by atoms with Crippen LogP contribution in [0.1, 0.15) is 22.3 Å². The molecule has 1 heterocycles. The van der Waals surface area contributed by atoms with Crippen LogP contribution in [0.2, 0.25) is 5.02 Å². The van der Waals surface area contributed by atoms with Crippen molar-refractivity contribution in [3.05, 3.63) is 88.1 Å². The van der Waals surface area contributed by atoms with E-state index in [-0.39, 0.29) is 0 Å². The second-order valence-electron chi connectivity index (χ2n) is 6.47. The molecule has 2 aromatic carbocycles. The SMILES string of the molecule is Cc1ccc(COc2ccc(Oc3ccc(/C=C/C(=O)O)c(C)c3Cl)nc2)cc1. The largest absolute Gasteiger partial charge is 0.487 e. The van der Waals surface area contributed by atoms with E-state index in [9.17, 15) is 4.79 Å². The molecular weight excluding hydrogens is 390 g/mol. The predicted octanol–water partition coefficient (Wildman–Crippen LogP) is 5.82. The third-order valence-electron chi connectivity index (χ3n) is 4.25. The highest BCUT2D eigenvalue weighted by Crippen LogP contribution is 2.33. The molecule has 0 amide bonds. The van der Waals surface area contributed by atoms with Gasteiger partial charge in [-0.15, -0.1) is 0 Å². The Balaban J connectivity index is 1.65. The molecule has 5 nitrogen and oxygen atoms in total. The summed E-state index contributed by atoms with van der Waals surface area (Å²) in [6.45, 7) is 4.30. The summed E-state index contributed by atoms with van der Waals surface area (Å²) in [5.74, 6) is 0.435.